The van der Waals surface area contributed by atoms with Gasteiger partial charge in [-0.2, -0.15) is 0 Å². The second kappa shape index (κ2) is 24.9. The van der Waals surface area contributed by atoms with Gasteiger partial charge in [-0.1, -0.05) is 69.4 Å². The number of carboxylic acids is 1. The second-order valence-corrected chi connectivity index (χ2v) is 7.73. The molecule has 0 fully saturated rings. The van der Waals surface area contributed by atoms with Crippen LogP contribution in [-0.2, 0) is 9.59 Å². The highest BCUT2D eigenvalue weighted by molar-refractivity contribution is 5.73. The molecule has 0 aromatic rings. The van der Waals surface area contributed by atoms with Crippen LogP contribution >= 0.6 is 0 Å². The monoisotopic (exact) mass is 419 g/mol. The molecule has 3 N–H and O–H groups in total. The van der Waals surface area contributed by atoms with Crippen molar-refractivity contribution in [1.29, 1.82) is 0 Å². The number of carbonyl (C=O) groups is 2. The van der Waals surface area contributed by atoms with Crippen molar-refractivity contribution < 1.29 is 14.7 Å². The molecule has 0 rings (SSSR count). The molecule has 0 aliphatic rings. The lowest BCUT2D eigenvalue weighted by molar-refractivity contribution is -0.137. The first kappa shape index (κ1) is 30.1. The molecule has 0 bridgehead atoms. The molecule has 30 heavy (non-hydrogen) atoms. The van der Waals surface area contributed by atoms with Crippen molar-refractivity contribution in [3.8, 4) is 0 Å². The van der Waals surface area contributed by atoms with Crippen molar-refractivity contribution in [3.63, 3.8) is 0 Å². The number of aliphatic carboxylic acids is 1. The largest absolute Gasteiger partial charge is 0.481 e. The Morgan fingerprint density at radius 2 is 1.23 bits per heavy atom. The van der Waals surface area contributed by atoms with Gasteiger partial charge in [0.2, 0.25) is 5.91 Å². The molecule has 0 atom stereocenters. The minimum absolute atomic E-state index is 0.208. The smallest absolute Gasteiger partial charge is 0.303 e. The van der Waals surface area contributed by atoms with Crippen LogP contribution in [0.15, 0.2) is 48.6 Å². The summed E-state index contributed by atoms with van der Waals surface area (Å²) in [6.07, 6.45) is 29.2. The van der Waals surface area contributed by atoms with Crippen LogP contribution in [0.1, 0.15) is 97.8 Å². The van der Waals surface area contributed by atoms with Crippen LogP contribution in [0.5, 0.6) is 0 Å². The predicted molar refractivity (Wildman–Crippen MR) is 129 cm³/mol. The maximum absolute atomic E-state index is 10.5. The molecule has 0 aliphatic heterocycles. The Hall–Kier alpha value is -2.10. The van der Waals surface area contributed by atoms with E-state index in [9.17, 15) is 9.59 Å². The van der Waals surface area contributed by atoms with Crippen molar-refractivity contribution >= 4 is 11.9 Å². The second-order valence-electron chi connectivity index (χ2n) is 7.73. The van der Waals surface area contributed by atoms with Crippen LogP contribution in [0.25, 0.3) is 0 Å². The van der Waals surface area contributed by atoms with Gasteiger partial charge in [0.1, 0.15) is 0 Å². The molecule has 4 nitrogen and oxygen atoms in total. The number of amides is 1. The fourth-order valence-electron chi connectivity index (χ4n) is 2.39. The Morgan fingerprint density at radius 1 is 0.767 bits per heavy atom. The summed E-state index contributed by atoms with van der Waals surface area (Å²) in [5, 5.41) is 8.16. The molecule has 1 amide bonds. The van der Waals surface area contributed by atoms with Crippen LogP contribution in [0.4, 0.5) is 0 Å². The molecule has 0 heterocycles. The summed E-state index contributed by atoms with van der Waals surface area (Å²) < 4.78 is 0. The molecule has 0 unspecified atom stereocenters. The van der Waals surface area contributed by atoms with E-state index in [1.165, 1.54) is 25.7 Å². The summed E-state index contributed by atoms with van der Waals surface area (Å²) in [7, 11) is 0. The molecule has 0 aromatic carbocycles. The number of carbonyl (C=O) groups excluding carboxylic acids is 1. The van der Waals surface area contributed by atoms with Crippen LogP contribution in [0.2, 0.25) is 0 Å². The zero-order valence-corrected chi connectivity index (χ0v) is 19.5. The zero-order chi connectivity index (χ0) is 22.9. The van der Waals surface area contributed by atoms with Gasteiger partial charge in [0.15, 0.2) is 0 Å². The first-order valence-electron chi connectivity index (χ1n) is 11.5. The number of primary amides is 1. The van der Waals surface area contributed by atoms with Gasteiger partial charge < -0.3 is 10.8 Å². The topological polar surface area (TPSA) is 80.4 Å². The Kier molecular flexibility index (Phi) is 25.0. The van der Waals surface area contributed by atoms with Crippen LogP contribution in [-0.4, -0.2) is 17.0 Å². The first-order chi connectivity index (χ1) is 14.4. The summed E-state index contributed by atoms with van der Waals surface area (Å²) in [6, 6.07) is 0. The predicted octanol–water partition coefficient (Wildman–Crippen LogP) is 7.12. The van der Waals surface area contributed by atoms with E-state index in [2.05, 4.69) is 55.5 Å². The number of nitrogens with two attached hydrogens (primary N) is 1. The fraction of sp³-hybridized carbons (Fsp3) is 0.615. The van der Waals surface area contributed by atoms with Gasteiger partial charge in [0.25, 0.3) is 0 Å². The van der Waals surface area contributed by atoms with Gasteiger partial charge >= 0.3 is 5.97 Å². The van der Waals surface area contributed by atoms with E-state index in [-0.39, 0.29) is 5.91 Å². The Balaban J connectivity index is 0. The zero-order valence-electron chi connectivity index (χ0n) is 19.5. The molecule has 0 spiro atoms. The van der Waals surface area contributed by atoms with E-state index < -0.39 is 5.97 Å². The molecule has 172 valence electrons. The molecule has 0 aliphatic carbocycles. The Bertz CT molecular complexity index is 516. The third-order valence-corrected chi connectivity index (χ3v) is 4.17. The number of hydrogen-bond donors (Lipinski definition) is 2. The maximum atomic E-state index is 10.5. The summed E-state index contributed by atoms with van der Waals surface area (Å²) in [6.45, 7) is 6.19. The minimum Gasteiger partial charge on any atom is -0.481 e. The van der Waals surface area contributed by atoms with Gasteiger partial charge in [-0.25, -0.2) is 0 Å². The number of unbranched alkanes of at least 4 members (excludes halogenated alkanes) is 4. The molecule has 0 aromatic heterocycles. The number of hydrogen-bond acceptors (Lipinski definition) is 2. The Labute approximate surface area is 185 Å². The average molecular weight is 420 g/mol. The van der Waals surface area contributed by atoms with Crippen molar-refractivity contribution in [3.05, 3.63) is 48.6 Å². The maximum Gasteiger partial charge on any atom is 0.303 e. The number of rotatable bonds is 17. The lowest BCUT2D eigenvalue weighted by atomic mass is 10.1. The third-order valence-electron chi connectivity index (χ3n) is 4.17. The van der Waals surface area contributed by atoms with Crippen LogP contribution in [0.3, 0.4) is 0 Å². The van der Waals surface area contributed by atoms with Crippen LogP contribution in [0, 0.1) is 5.92 Å². The summed E-state index contributed by atoms with van der Waals surface area (Å²) in [5.74, 6) is -0.398. The minimum atomic E-state index is -0.696. The highest BCUT2D eigenvalue weighted by atomic mass is 16.4. The lowest BCUT2D eigenvalue weighted by Gasteiger charge is -1.97. The normalized spacial score (nSPS) is 11.7. The van der Waals surface area contributed by atoms with Crippen molar-refractivity contribution in [2.24, 2.45) is 11.7 Å². The summed E-state index contributed by atoms with van der Waals surface area (Å²) >= 11 is 0. The van der Waals surface area contributed by atoms with E-state index in [1.807, 2.05) is 13.8 Å². The highest BCUT2D eigenvalue weighted by Gasteiger charge is 1.98. The third kappa shape index (κ3) is 33.5. The standard InChI is InChI=1S/C20H33NO.C6H12O2/c1-2-3-4-5-6-7-8-9-10-11-12-13-14-15-16-17-18-19-20(21)22;1-5(2)3-4-6(7)8/h3-4,6-7,12-13,15-16H,2,5,8-11,14,17-19H2,1H3,(H2,21,22);5H,3-4H2,1-2H3,(H,7,8)/b4-3-,7-6-,13-12-,16-15-;. The molecule has 0 saturated heterocycles. The quantitative estimate of drug-likeness (QED) is 0.194. The molecule has 4 heteroatoms. The van der Waals surface area contributed by atoms with Crippen molar-refractivity contribution in [2.45, 2.75) is 97.8 Å². The van der Waals surface area contributed by atoms with Crippen molar-refractivity contribution in [1.82, 2.24) is 0 Å². The molecule has 0 radical (unpaired) electrons. The van der Waals surface area contributed by atoms with E-state index in [1.54, 1.807) is 0 Å². The summed E-state index contributed by atoms with van der Waals surface area (Å²) in [5.41, 5.74) is 5.08. The van der Waals surface area contributed by atoms with Crippen LogP contribution < -0.4 is 5.73 Å². The average Bonchev–Trinajstić information content (AvgIpc) is 2.69. The number of allylic oxidation sites excluding steroid dienone is 8. The van der Waals surface area contributed by atoms with E-state index in [4.69, 9.17) is 10.8 Å². The highest BCUT2D eigenvalue weighted by Crippen LogP contribution is 2.04. The van der Waals surface area contributed by atoms with Gasteiger partial charge in [-0.3, -0.25) is 9.59 Å². The van der Waals surface area contributed by atoms with Crippen molar-refractivity contribution in [2.75, 3.05) is 0 Å². The fourth-order valence-corrected chi connectivity index (χ4v) is 2.39. The number of carboxylic acid groups (broad SMARTS) is 1. The Morgan fingerprint density at radius 3 is 1.60 bits per heavy atom. The van der Waals surface area contributed by atoms with Gasteiger partial charge in [-0.05, 0) is 70.1 Å². The SMILES string of the molecule is CC(C)CCC(=O)O.CC/C=C\C/C=C\CCCC/C=C\C/C=C\CCCC(N)=O. The van der Waals surface area contributed by atoms with E-state index in [0.29, 0.717) is 18.8 Å². The summed E-state index contributed by atoms with van der Waals surface area (Å²) in [4.78, 5) is 20.4. The molecular formula is C26H45NO3. The molecular weight excluding hydrogens is 374 g/mol. The van der Waals surface area contributed by atoms with Gasteiger partial charge in [0, 0.05) is 12.8 Å². The molecule has 0 saturated carbocycles. The van der Waals surface area contributed by atoms with E-state index in [0.717, 1.165) is 38.5 Å². The van der Waals surface area contributed by atoms with E-state index >= 15 is 0 Å². The van der Waals surface area contributed by atoms with Gasteiger partial charge in [-0.15, -0.1) is 0 Å². The first-order valence-corrected chi connectivity index (χ1v) is 11.5. The lowest BCUT2D eigenvalue weighted by Crippen LogP contribution is -2.09. The van der Waals surface area contributed by atoms with Gasteiger partial charge in [0.05, 0.1) is 0 Å².